The van der Waals surface area contributed by atoms with E-state index in [4.69, 9.17) is 9.47 Å². The number of methoxy groups -OCH3 is 1. The van der Waals surface area contributed by atoms with Gasteiger partial charge in [-0.15, -0.1) is 0 Å². The third kappa shape index (κ3) is 6.64. The summed E-state index contributed by atoms with van der Waals surface area (Å²) in [5.74, 6) is 1.00. The zero-order valence-electron chi connectivity index (χ0n) is 19.7. The lowest BCUT2D eigenvalue weighted by Crippen LogP contribution is -2.14. The van der Waals surface area contributed by atoms with Gasteiger partial charge < -0.3 is 14.8 Å². The van der Waals surface area contributed by atoms with Crippen molar-refractivity contribution in [2.45, 2.75) is 11.3 Å². The molecule has 0 radical (unpaired) electrons. The molecule has 0 saturated carbocycles. The van der Waals surface area contributed by atoms with Crippen molar-refractivity contribution in [3.05, 3.63) is 114 Å². The molecule has 0 aromatic heterocycles. The van der Waals surface area contributed by atoms with E-state index in [0.717, 1.165) is 6.42 Å². The fourth-order valence-corrected chi connectivity index (χ4v) is 4.49. The van der Waals surface area contributed by atoms with Crippen LogP contribution in [0.5, 0.6) is 11.5 Å². The number of anilines is 2. The van der Waals surface area contributed by atoms with Crippen molar-refractivity contribution in [1.82, 2.24) is 0 Å². The van der Waals surface area contributed by atoms with Crippen molar-refractivity contribution in [2.75, 3.05) is 23.8 Å². The van der Waals surface area contributed by atoms with Crippen LogP contribution in [0.2, 0.25) is 0 Å². The van der Waals surface area contributed by atoms with E-state index >= 15 is 0 Å². The van der Waals surface area contributed by atoms with Crippen molar-refractivity contribution in [3.63, 3.8) is 0 Å². The molecule has 4 aromatic carbocycles. The first-order chi connectivity index (χ1) is 17.4. The van der Waals surface area contributed by atoms with E-state index < -0.39 is 10.0 Å². The monoisotopic (exact) mass is 502 g/mol. The Labute approximate surface area is 210 Å². The average Bonchev–Trinajstić information content (AvgIpc) is 2.90. The van der Waals surface area contributed by atoms with E-state index in [9.17, 15) is 13.2 Å². The summed E-state index contributed by atoms with van der Waals surface area (Å²) in [7, 11) is -2.24. The molecule has 0 fully saturated rings. The Hall–Kier alpha value is -4.30. The minimum atomic E-state index is -3.78. The molecule has 1 amide bonds. The van der Waals surface area contributed by atoms with Gasteiger partial charge in [-0.3, -0.25) is 9.52 Å². The molecule has 0 aliphatic rings. The van der Waals surface area contributed by atoms with E-state index in [1.807, 2.05) is 18.2 Å². The van der Waals surface area contributed by atoms with E-state index in [1.165, 1.54) is 24.8 Å². The maximum atomic E-state index is 12.7. The van der Waals surface area contributed by atoms with Crippen LogP contribution in [0.1, 0.15) is 15.9 Å². The predicted molar refractivity (Wildman–Crippen MR) is 140 cm³/mol. The highest BCUT2D eigenvalue weighted by Gasteiger charge is 2.15. The number of ether oxygens (including phenoxy) is 2. The van der Waals surface area contributed by atoms with Crippen LogP contribution in [-0.2, 0) is 16.4 Å². The second kappa shape index (κ2) is 11.4. The number of nitrogens with one attached hydrogen (secondary N) is 2. The molecule has 4 aromatic rings. The molecule has 0 saturated heterocycles. The van der Waals surface area contributed by atoms with Gasteiger partial charge in [-0.2, -0.15) is 0 Å². The number of sulfonamides is 1. The number of hydrogen-bond acceptors (Lipinski definition) is 5. The molecule has 4 rings (SSSR count). The largest absolute Gasteiger partial charge is 0.497 e. The Kier molecular flexibility index (Phi) is 7.87. The van der Waals surface area contributed by atoms with E-state index in [0.29, 0.717) is 35.0 Å². The van der Waals surface area contributed by atoms with Crippen LogP contribution in [0.15, 0.2) is 108 Å². The zero-order chi connectivity index (χ0) is 25.4. The molecule has 0 aliphatic carbocycles. The van der Waals surface area contributed by atoms with Gasteiger partial charge in [-0.1, -0.05) is 30.3 Å². The fourth-order valence-electron chi connectivity index (χ4n) is 3.43. The van der Waals surface area contributed by atoms with Gasteiger partial charge in [0.15, 0.2) is 0 Å². The minimum Gasteiger partial charge on any atom is -0.497 e. The SMILES string of the molecule is COc1ccc(NS(=O)(=O)c2ccc(NC(=O)c3ccc(OCCc4ccccc4)cc3)cc2)cc1. The second-order valence-corrected chi connectivity index (χ2v) is 9.60. The normalized spacial score (nSPS) is 10.9. The molecule has 0 heterocycles. The highest BCUT2D eigenvalue weighted by molar-refractivity contribution is 7.92. The highest BCUT2D eigenvalue weighted by atomic mass is 32.2. The smallest absolute Gasteiger partial charge is 0.261 e. The molecule has 0 bridgehead atoms. The van der Waals surface area contributed by atoms with E-state index in [-0.39, 0.29) is 10.8 Å². The van der Waals surface area contributed by atoms with Crippen LogP contribution < -0.4 is 19.5 Å². The lowest BCUT2D eigenvalue weighted by molar-refractivity contribution is 0.102. The quantitative estimate of drug-likeness (QED) is 0.304. The lowest BCUT2D eigenvalue weighted by Gasteiger charge is -2.10. The van der Waals surface area contributed by atoms with Crippen molar-refractivity contribution in [1.29, 1.82) is 0 Å². The van der Waals surface area contributed by atoms with Crippen molar-refractivity contribution >= 4 is 27.3 Å². The second-order valence-electron chi connectivity index (χ2n) is 7.92. The van der Waals surface area contributed by atoms with Gasteiger partial charge in [0, 0.05) is 23.4 Å². The van der Waals surface area contributed by atoms with Gasteiger partial charge >= 0.3 is 0 Å². The number of hydrogen-bond donors (Lipinski definition) is 2. The van der Waals surface area contributed by atoms with Crippen LogP contribution >= 0.6 is 0 Å². The van der Waals surface area contributed by atoms with Crippen LogP contribution in [0.25, 0.3) is 0 Å². The first-order valence-corrected chi connectivity index (χ1v) is 12.8. The Bertz CT molecular complexity index is 1390. The predicted octanol–water partition coefficient (Wildman–Crippen LogP) is 5.37. The number of carbonyl (C=O) groups excluding carboxylic acids is 1. The van der Waals surface area contributed by atoms with Gasteiger partial charge in [-0.05, 0) is 78.4 Å². The number of carbonyl (C=O) groups is 1. The maximum Gasteiger partial charge on any atom is 0.261 e. The summed E-state index contributed by atoms with van der Waals surface area (Å²) in [6.45, 7) is 0.540. The van der Waals surface area contributed by atoms with Crippen LogP contribution in [0, 0.1) is 0 Å². The molecular weight excluding hydrogens is 476 g/mol. The van der Waals surface area contributed by atoms with Crippen LogP contribution in [0.4, 0.5) is 11.4 Å². The standard InChI is InChI=1S/C28H26N2O5S/c1-34-25-15-9-24(10-16-25)30-36(32,33)27-17-11-23(12-18-27)29-28(31)22-7-13-26(14-8-22)35-20-19-21-5-3-2-4-6-21/h2-18,30H,19-20H2,1H3,(H,29,31). The number of amides is 1. The molecule has 184 valence electrons. The summed E-state index contributed by atoms with van der Waals surface area (Å²) in [5.41, 5.74) is 2.55. The minimum absolute atomic E-state index is 0.0771. The molecule has 0 unspecified atom stereocenters. The molecule has 36 heavy (non-hydrogen) atoms. The lowest BCUT2D eigenvalue weighted by atomic mass is 10.2. The molecule has 0 atom stereocenters. The van der Waals surface area contributed by atoms with Crippen molar-refractivity contribution < 1.29 is 22.7 Å². The molecule has 8 heteroatoms. The van der Waals surface area contributed by atoms with Crippen LogP contribution in [0.3, 0.4) is 0 Å². The maximum absolute atomic E-state index is 12.7. The Morgan fingerprint density at radius 1 is 0.750 bits per heavy atom. The van der Waals surface area contributed by atoms with Crippen molar-refractivity contribution in [3.8, 4) is 11.5 Å². The summed E-state index contributed by atoms with van der Waals surface area (Å²) in [6.07, 6.45) is 0.796. The van der Waals surface area contributed by atoms with Gasteiger partial charge in [0.2, 0.25) is 0 Å². The Morgan fingerprint density at radius 3 is 2.00 bits per heavy atom. The molecule has 0 aliphatic heterocycles. The number of rotatable bonds is 10. The topological polar surface area (TPSA) is 93.7 Å². The molecule has 0 spiro atoms. The molecular formula is C28H26N2O5S. The third-order valence-electron chi connectivity index (χ3n) is 5.38. The third-order valence-corrected chi connectivity index (χ3v) is 6.78. The van der Waals surface area contributed by atoms with E-state index in [2.05, 4.69) is 22.2 Å². The van der Waals surface area contributed by atoms with Gasteiger partial charge in [0.25, 0.3) is 15.9 Å². The molecule has 7 nitrogen and oxygen atoms in total. The van der Waals surface area contributed by atoms with Crippen LogP contribution in [-0.4, -0.2) is 28.0 Å². The summed E-state index contributed by atoms with van der Waals surface area (Å²) in [6, 6.07) is 29.5. The van der Waals surface area contributed by atoms with Gasteiger partial charge in [0.1, 0.15) is 11.5 Å². The number of benzene rings is 4. The summed E-state index contributed by atoms with van der Waals surface area (Å²) < 4.78 is 38.7. The first kappa shape index (κ1) is 24.8. The Morgan fingerprint density at radius 2 is 1.36 bits per heavy atom. The zero-order valence-corrected chi connectivity index (χ0v) is 20.5. The fraction of sp³-hybridized carbons (Fsp3) is 0.107. The van der Waals surface area contributed by atoms with E-state index in [1.54, 1.807) is 60.7 Å². The van der Waals surface area contributed by atoms with Crippen molar-refractivity contribution in [2.24, 2.45) is 0 Å². The average molecular weight is 503 g/mol. The Balaban J connectivity index is 1.31. The highest BCUT2D eigenvalue weighted by Crippen LogP contribution is 2.21. The summed E-state index contributed by atoms with van der Waals surface area (Å²) >= 11 is 0. The first-order valence-electron chi connectivity index (χ1n) is 11.3. The van der Waals surface area contributed by atoms with Gasteiger partial charge in [-0.25, -0.2) is 8.42 Å². The summed E-state index contributed by atoms with van der Waals surface area (Å²) in [5, 5.41) is 2.77. The van der Waals surface area contributed by atoms with Gasteiger partial charge in [0.05, 0.1) is 18.6 Å². The molecule has 2 N–H and O–H groups in total. The summed E-state index contributed by atoms with van der Waals surface area (Å²) in [4.78, 5) is 12.7.